The number of aryl methyl sites for hydroxylation is 1. The second-order valence-electron chi connectivity index (χ2n) is 2.15. The van der Waals surface area contributed by atoms with Gasteiger partial charge in [0, 0.05) is 18.9 Å². The lowest BCUT2D eigenvalue weighted by molar-refractivity contribution is 0.773. The smallest absolute Gasteiger partial charge is 0.133 e. The van der Waals surface area contributed by atoms with Gasteiger partial charge in [-0.15, -0.1) is 0 Å². The fourth-order valence-electron chi connectivity index (χ4n) is 0.864. The van der Waals surface area contributed by atoms with Gasteiger partial charge in [0.1, 0.15) is 6.04 Å². The summed E-state index contributed by atoms with van der Waals surface area (Å²) in [6.45, 7) is 0. The molecule has 0 saturated carbocycles. The molecule has 0 aliphatic carbocycles. The lowest BCUT2D eigenvalue weighted by atomic mass is 10.2. The Morgan fingerprint density at radius 3 is 2.90 bits per heavy atom. The van der Waals surface area contributed by atoms with Crippen molar-refractivity contribution in [3.05, 3.63) is 24.0 Å². The van der Waals surface area contributed by atoms with Gasteiger partial charge in [0.25, 0.3) is 0 Å². The minimum Gasteiger partial charge on any atom is -0.352 e. The van der Waals surface area contributed by atoms with Crippen molar-refractivity contribution in [2.45, 2.75) is 6.04 Å². The zero-order chi connectivity index (χ0) is 7.56. The molecule has 0 aliphatic heterocycles. The maximum Gasteiger partial charge on any atom is 0.133 e. The van der Waals surface area contributed by atoms with Gasteiger partial charge in [-0.25, -0.2) is 0 Å². The molecule has 0 amide bonds. The number of hydrogen-bond donors (Lipinski definition) is 1. The number of nitrogens with two attached hydrogens (primary N) is 1. The number of rotatable bonds is 1. The molecule has 52 valence electrons. The molecule has 1 rings (SSSR count). The second-order valence-corrected chi connectivity index (χ2v) is 2.15. The number of nitriles is 1. The molecule has 0 fully saturated rings. The van der Waals surface area contributed by atoms with Crippen molar-refractivity contribution in [1.82, 2.24) is 4.57 Å². The topological polar surface area (TPSA) is 54.7 Å². The number of nitrogens with zero attached hydrogens (tertiary/aromatic N) is 2. The van der Waals surface area contributed by atoms with Crippen LogP contribution in [0.2, 0.25) is 0 Å². The van der Waals surface area contributed by atoms with Crippen LogP contribution in [0.3, 0.4) is 0 Å². The molecular formula is C7H9N3. The van der Waals surface area contributed by atoms with E-state index in [1.807, 2.05) is 36.0 Å². The van der Waals surface area contributed by atoms with Crippen LogP contribution in [0.15, 0.2) is 18.3 Å². The summed E-state index contributed by atoms with van der Waals surface area (Å²) >= 11 is 0. The molecule has 1 aromatic heterocycles. The minimum absolute atomic E-state index is 0.500. The molecule has 1 atom stereocenters. The molecule has 2 N–H and O–H groups in total. The molecule has 0 unspecified atom stereocenters. The fourth-order valence-corrected chi connectivity index (χ4v) is 0.864. The summed E-state index contributed by atoms with van der Waals surface area (Å²) in [6, 6.07) is 5.17. The first kappa shape index (κ1) is 6.84. The highest BCUT2D eigenvalue weighted by atomic mass is 14.9. The van der Waals surface area contributed by atoms with Crippen molar-refractivity contribution < 1.29 is 0 Å². The molecule has 0 aromatic carbocycles. The fraction of sp³-hybridized carbons (Fsp3) is 0.286. The Kier molecular flexibility index (Phi) is 1.74. The van der Waals surface area contributed by atoms with E-state index in [0.29, 0.717) is 0 Å². The van der Waals surface area contributed by atoms with Crippen LogP contribution in [-0.4, -0.2) is 4.57 Å². The van der Waals surface area contributed by atoms with Crippen LogP contribution in [0, 0.1) is 11.3 Å². The highest BCUT2D eigenvalue weighted by Crippen LogP contribution is 2.07. The predicted molar refractivity (Wildman–Crippen MR) is 38.0 cm³/mol. The summed E-state index contributed by atoms with van der Waals surface area (Å²) in [5, 5.41) is 8.44. The van der Waals surface area contributed by atoms with Gasteiger partial charge in [0.2, 0.25) is 0 Å². The third-order valence-electron chi connectivity index (χ3n) is 1.44. The maximum absolute atomic E-state index is 8.44. The van der Waals surface area contributed by atoms with Crippen molar-refractivity contribution in [3.8, 4) is 6.07 Å². The Bertz CT molecular complexity index is 256. The van der Waals surface area contributed by atoms with E-state index in [1.165, 1.54) is 0 Å². The van der Waals surface area contributed by atoms with Gasteiger partial charge in [0.05, 0.1) is 6.07 Å². The summed E-state index contributed by atoms with van der Waals surface area (Å²) in [5.41, 5.74) is 6.31. The standard InChI is InChI=1S/C7H9N3/c1-10-4-2-3-7(10)6(9)5-8/h2-4,6H,9H2,1H3/t6-/m1/s1. The van der Waals surface area contributed by atoms with Crippen LogP contribution >= 0.6 is 0 Å². The molecule has 3 nitrogen and oxygen atoms in total. The molecular weight excluding hydrogens is 126 g/mol. The second kappa shape index (κ2) is 2.54. The quantitative estimate of drug-likeness (QED) is 0.611. The molecule has 10 heavy (non-hydrogen) atoms. The van der Waals surface area contributed by atoms with Gasteiger partial charge in [-0.1, -0.05) is 0 Å². The summed E-state index contributed by atoms with van der Waals surface area (Å²) in [5.74, 6) is 0. The first-order valence-corrected chi connectivity index (χ1v) is 3.02. The Labute approximate surface area is 59.7 Å². The van der Waals surface area contributed by atoms with E-state index in [-0.39, 0.29) is 0 Å². The third-order valence-corrected chi connectivity index (χ3v) is 1.44. The molecule has 0 saturated heterocycles. The Balaban J connectivity index is 2.96. The van der Waals surface area contributed by atoms with Gasteiger partial charge in [0.15, 0.2) is 0 Å². The molecule has 1 aromatic rings. The van der Waals surface area contributed by atoms with Crippen LogP contribution in [0.25, 0.3) is 0 Å². The van der Waals surface area contributed by atoms with Crippen molar-refractivity contribution in [2.75, 3.05) is 0 Å². The molecule has 0 radical (unpaired) electrons. The summed E-state index contributed by atoms with van der Waals surface area (Å²) in [7, 11) is 1.87. The minimum atomic E-state index is -0.500. The van der Waals surface area contributed by atoms with E-state index in [2.05, 4.69) is 0 Å². The molecule has 0 aliphatic rings. The monoisotopic (exact) mass is 135 g/mol. The normalized spacial score (nSPS) is 12.5. The number of hydrogen-bond acceptors (Lipinski definition) is 2. The van der Waals surface area contributed by atoms with Crippen LogP contribution in [0.4, 0.5) is 0 Å². The van der Waals surface area contributed by atoms with Crippen LogP contribution in [0.1, 0.15) is 11.7 Å². The highest BCUT2D eigenvalue weighted by molar-refractivity contribution is 5.16. The average Bonchev–Trinajstić information content (AvgIpc) is 2.34. The van der Waals surface area contributed by atoms with Crippen LogP contribution in [0.5, 0.6) is 0 Å². The predicted octanol–water partition coefficient (Wildman–Crippen LogP) is 0.548. The van der Waals surface area contributed by atoms with Gasteiger partial charge in [-0.3, -0.25) is 0 Å². The van der Waals surface area contributed by atoms with Gasteiger partial charge < -0.3 is 10.3 Å². The molecule has 1 heterocycles. The van der Waals surface area contributed by atoms with E-state index in [0.717, 1.165) is 5.69 Å². The van der Waals surface area contributed by atoms with Crippen molar-refractivity contribution in [1.29, 1.82) is 5.26 Å². The highest BCUT2D eigenvalue weighted by Gasteiger charge is 2.05. The first-order chi connectivity index (χ1) is 4.75. The van der Waals surface area contributed by atoms with Gasteiger partial charge in [-0.05, 0) is 12.1 Å². The van der Waals surface area contributed by atoms with E-state index >= 15 is 0 Å². The van der Waals surface area contributed by atoms with Crippen molar-refractivity contribution in [3.63, 3.8) is 0 Å². The zero-order valence-electron chi connectivity index (χ0n) is 5.78. The lowest BCUT2D eigenvalue weighted by Crippen LogP contribution is -2.10. The molecule has 3 heteroatoms. The molecule has 0 bridgehead atoms. The third kappa shape index (κ3) is 1.02. The Morgan fingerprint density at radius 1 is 1.80 bits per heavy atom. The summed E-state index contributed by atoms with van der Waals surface area (Å²) in [6.07, 6.45) is 1.87. The average molecular weight is 135 g/mol. The van der Waals surface area contributed by atoms with Crippen molar-refractivity contribution in [2.24, 2.45) is 12.8 Å². The first-order valence-electron chi connectivity index (χ1n) is 3.02. The molecule has 0 spiro atoms. The maximum atomic E-state index is 8.44. The summed E-state index contributed by atoms with van der Waals surface area (Å²) in [4.78, 5) is 0. The van der Waals surface area contributed by atoms with E-state index in [4.69, 9.17) is 11.0 Å². The zero-order valence-corrected chi connectivity index (χ0v) is 5.78. The van der Waals surface area contributed by atoms with Crippen molar-refractivity contribution >= 4 is 0 Å². The van der Waals surface area contributed by atoms with Gasteiger partial charge >= 0.3 is 0 Å². The summed E-state index contributed by atoms with van der Waals surface area (Å²) < 4.78 is 1.84. The lowest BCUT2D eigenvalue weighted by Gasteiger charge is -2.02. The van der Waals surface area contributed by atoms with E-state index in [9.17, 15) is 0 Å². The van der Waals surface area contributed by atoms with Crippen LogP contribution in [-0.2, 0) is 7.05 Å². The van der Waals surface area contributed by atoms with Crippen LogP contribution < -0.4 is 5.73 Å². The SMILES string of the molecule is Cn1cccc1[C@H](N)C#N. The van der Waals surface area contributed by atoms with E-state index < -0.39 is 6.04 Å². The van der Waals surface area contributed by atoms with E-state index in [1.54, 1.807) is 0 Å². The Hall–Kier alpha value is -1.27. The largest absolute Gasteiger partial charge is 0.352 e. The van der Waals surface area contributed by atoms with Gasteiger partial charge in [-0.2, -0.15) is 5.26 Å². The Morgan fingerprint density at radius 2 is 2.50 bits per heavy atom. The number of aromatic nitrogens is 1.